The topological polar surface area (TPSA) is 311 Å². The van der Waals surface area contributed by atoms with E-state index in [1.165, 1.54) is 162 Å². The molecule has 3 amide bonds. The van der Waals surface area contributed by atoms with Gasteiger partial charge in [0.05, 0.1) is 70.6 Å². The first-order valence-corrected chi connectivity index (χ1v) is 48.5. The van der Waals surface area contributed by atoms with Crippen LogP contribution in [0.3, 0.4) is 0 Å². The molecule has 0 unspecified atom stereocenters. The van der Waals surface area contributed by atoms with Gasteiger partial charge >= 0.3 is 31.0 Å². The second kappa shape index (κ2) is 53.4. The van der Waals surface area contributed by atoms with Crippen LogP contribution in [0.1, 0.15) is 216 Å². The Labute approximate surface area is 942 Å². The summed E-state index contributed by atoms with van der Waals surface area (Å²) in [4.78, 5) is 113. The molecular formula is C111H114BBrClN11O13Y4-4. The van der Waals surface area contributed by atoms with Gasteiger partial charge in [-0.05, 0) is 206 Å². The van der Waals surface area contributed by atoms with Crippen molar-refractivity contribution in [1.82, 2.24) is 53.7 Å². The predicted molar refractivity (Wildman–Crippen MR) is 548 cm³/mol. The number of hydrogen-bond donors (Lipinski definition) is 5. The molecule has 5 N–H and O–H groups in total. The Hall–Kier alpha value is -8.98. The van der Waals surface area contributed by atoms with E-state index in [0.29, 0.717) is 45.8 Å². The predicted octanol–water partition coefficient (Wildman–Crippen LogP) is 21.9. The molecular weight excluding hydrogens is 2180 g/mol. The maximum absolute atomic E-state index is 13.0. The number of hydrogen-bond acceptors (Lipinski definition) is 16. The van der Waals surface area contributed by atoms with Crippen molar-refractivity contribution in [3.05, 3.63) is 268 Å². The van der Waals surface area contributed by atoms with Crippen molar-refractivity contribution >= 4 is 169 Å². The van der Waals surface area contributed by atoms with E-state index in [-0.39, 0.29) is 191 Å². The minimum atomic E-state index is -1.42. The molecule has 0 bridgehead atoms. The molecule has 0 saturated heterocycles. The first-order valence-electron chi connectivity index (χ1n) is 47.2. The van der Waals surface area contributed by atoms with Gasteiger partial charge in [-0.3, -0.25) is 14.4 Å². The minimum Gasteiger partial charge on any atom is -0.478 e. The summed E-state index contributed by atoms with van der Waals surface area (Å²) in [6.07, 6.45) is 35.8. The quantitative estimate of drug-likeness (QED) is 0.0186. The van der Waals surface area contributed by atoms with Crippen molar-refractivity contribution in [2.24, 2.45) is 0 Å². The molecule has 4 saturated carbocycles. The number of carboxylic acids is 1. The molecule has 8 aromatic carbocycles. The minimum absolute atomic E-state index is 0. The molecule has 0 aliphatic heterocycles. The summed E-state index contributed by atoms with van der Waals surface area (Å²) in [6.45, 7) is 0.336. The number of esters is 3. The van der Waals surface area contributed by atoms with Crippen LogP contribution in [-0.2, 0) is 173 Å². The number of carboxylic acid groups (broad SMARTS) is 1. The third-order valence-corrected chi connectivity index (χ3v) is 27.8. The number of nitrogens with zero attached hydrogens (tertiary/aromatic N) is 9. The average Bonchev–Trinajstić information content (AvgIpc) is 1.58. The molecule has 31 heteroatoms. The number of amides is 3. The molecule has 0 spiro atoms. The van der Waals surface area contributed by atoms with Gasteiger partial charge in [-0.15, -0.1) is 33.1 Å². The number of ether oxygens (including phenoxy) is 3. The van der Waals surface area contributed by atoms with Crippen LogP contribution in [0.25, 0.3) is 121 Å². The van der Waals surface area contributed by atoms with Crippen LogP contribution in [0, 0.1) is 24.8 Å². The smallest absolute Gasteiger partial charge is 0.478 e. The number of pyridine rings is 4. The fourth-order valence-corrected chi connectivity index (χ4v) is 20.8. The number of aromatic carboxylic acids is 1. The summed E-state index contributed by atoms with van der Waals surface area (Å²) >= 11 is 8.81. The summed E-state index contributed by atoms with van der Waals surface area (Å²) < 4.78 is 19.9. The number of rotatable bonds is 17. The van der Waals surface area contributed by atoms with Crippen LogP contribution < -0.4 is 5.46 Å². The number of nitrogens with one attached hydrogen (secondary N) is 2. The fourth-order valence-electron chi connectivity index (χ4n) is 19.8. The average molecular weight is 2290 g/mol. The summed E-state index contributed by atoms with van der Waals surface area (Å²) in [5.74, 6) is -0.0410. The Balaban J connectivity index is 0.000000170. The summed E-state index contributed by atoms with van der Waals surface area (Å²) in [7, 11) is 13.2. The summed E-state index contributed by atoms with van der Waals surface area (Å²) in [6, 6.07) is 61.6. The number of methoxy groups -OCH3 is 3. The van der Waals surface area contributed by atoms with Crippen molar-refractivity contribution in [2.75, 3.05) is 69.5 Å². The maximum atomic E-state index is 13.0. The van der Waals surface area contributed by atoms with Crippen LogP contribution in [0.2, 0.25) is 0 Å². The monoisotopic (exact) mass is 2290 g/mol. The van der Waals surface area contributed by atoms with Crippen LogP contribution in [0.5, 0.6) is 0 Å². The van der Waals surface area contributed by atoms with Crippen molar-refractivity contribution in [3.8, 4) is 33.8 Å². The first kappa shape index (κ1) is 113. The van der Waals surface area contributed by atoms with Crippen LogP contribution in [0.15, 0.2) is 199 Å². The number of carbonyl (C=O) groups excluding carboxylic acids is 6. The number of H-pyrrole nitrogens is 2. The second-order valence-electron chi connectivity index (χ2n) is 36.4. The number of fused-ring (bicyclic) bond motifs is 8. The molecule has 24 nitrogen and oxygen atoms in total. The van der Waals surface area contributed by atoms with E-state index in [0.717, 1.165) is 141 Å². The molecule has 4 aliphatic carbocycles. The van der Waals surface area contributed by atoms with Crippen molar-refractivity contribution in [1.29, 1.82) is 0 Å². The summed E-state index contributed by atoms with van der Waals surface area (Å²) in [5.41, 5.74) is 21.2. The number of halogens is 2. The van der Waals surface area contributed by atoms with Crippen LogP contribution in [0.4, 0.5) is 0 Å². The van der Waals surface area contributed by atoms with E-state index >= 15 is 0 Å². The van der Waals surface area contributed by atoms with Crippen molar-refractivity contribution < 1.29 is 194 Å². The Morgan fingerprint density at radius 1 is 0.394 bits per heavy atom. The van der Waals surface area contributed by atoms with Gasteiger partial charge in [0.15, 0.2) is 0 Å². The van der Waals surface area contributed by atoms with Crippen LogP contribution >= 0.6 is 27.5 Å². The van der Waals surface area contributed by atoms with Crippen molar-refractivity contribution in [3.63, 3.8) is 0 Å². The largest absolute Gasteiger partial charge is 0.488 e. The zero-order valence-corrected chi connectivity index (χ0v) is 95.3. The standard InChI is InChI=1S/C29H30N3O3.C28H28N3O3.C25H23N2O2.C16H18BrNO2.C9H7BNO2.C4H8ClNO.4Y/c1-31(2)26(33)18-32-25-17-22(29(34)35-3)11-13-23(25)27(19-8-5-4-6-9-19)28(32)21-12-14-24-20(16-21)10-7-15-30-24;1-30(2)25(32)17-31-24-16-21(28(33)34)10-12-22(24)26(18-7-4-3-5-8-18)27(31)20-11-13-23-19(15-20)9-6-14-29-23;1-29-25(28)19-9-11-20-22(15-19)27-24(23(20)16-6-3-2-4-7-16)18-10-12-21-17(14-18)8-5-13-26-21;1-20-16(19)11-7-8-12-13(9-11)18-15(17)14(12)10-5-3-2-4-6-10;12-10(13)8-3-4-9-7(6-8)2-1-5-11-9;1-6(2)4(7)3-5;;;;/h7,10-14,16-17,19H,4-6,8-9,18H2,1-3H3;6,9-13,15-16,18H,3-5,7-8,17H2,1-2H3,(H,33,34);5,8-12,14-16,27H,2-4,6-7H2,1H3;7-10,18H,2-6H2,1H3;1-4,6,12-13H;3H2,1-2H3;;;;/q3*-1;;-1;;;;;. The van der Waals surface area contributed by atoms with E-state index in [4.69, 9.17) is 35.9 Å². The van der Waals surface area contributed by atoms with Gasteiger partial charge in [-0.2, -0.15) is 48.5 Å². The molecule has 4 aliphatic rings. The Morgan fingerprint density at radius 3 is 1.08 bits per heavy atom. The number of alkyl halides is 1. The number of carbonyl (C=O) groups is 7. The zero-order valence-electron chi connectivity index (χ0n) is 81.6. The molecule has 4 fully saturated rings. The van der Waals surface area contributed by atoms with E-state index < -0.39 is 13.1 Å². The molecule has 0 atom stereocenters. The van der Waals surface area contributed by atoms with Crippen molar-refractivity contribution in [2.45, 2.75) is 165 Å². The van der Waals surface area contributed by atoms with Gasteiger partial charge < -0.3 is 83.1 Å². The van der Waals surface area contributed by atoms with E-state index in [1.54, 1.807) is 94.6 Å². The maximum Gasteiger partial charge on any atom is 0.488 e. The van der Waals surface area contributed by atoms with Gasteiger partial charge in [0, 0.05) is 211 Å². The fraction of sp³-hybridized carbons (Fsp3) is 0.324. The normalized spacial score (nSPS) is 13.8. The molecule has 8 aromatic heterocycles. The molecule has 8 heterocycles. The van der Waals surface area contributed by atoms with Gasteiger partial charge in [0.1, 0.15) is 19.0 Å². The molecule has 4 radical (unpaired) electrons. The molecule has 142 heavy (non-hydrogen) atoms. The Bertz CT molecular complexity index is 7170. The third-order valence-electron chi connectivity index (χ3n) is 27.0. The van der Waals surface area contributed by atoms with E-state index in [2.05, 4.69) is 124 Å². The molecule has 724 valence electrons. The third kappa shape index (κ3) is 26.9. The number of likely N-dealkylation sites (N-methyl/N-ethyl adjacent to an activating group) is 2. The Kier molecular flexibility index (Phi) is 42.6. The molecule has 20 rings (SSSR count). The SMILES string of the molecule is CN(C)C(=O)CCl.CN(C)C(=O)Cn1c(-c2ccc3n[c-]ccc3c2)c(C2CCCCC2)c2ccc(C(=O)O)cc21.COC(=O)c1ccc2c(C3CCCCC3)c(-c3ccc4n[c-]ccc4c3)[nH]c2c1.COC(=O)c1ccc2c(C3CCCCC3)c(-c3ccc4n[c-]ccc4c3)n(CC(=O)N(C)C)c2c1.COC(=O)c1ccc2c(C3CCCCC3)c(Br)[nH]c2c1.OB(O)c1ccc2n[c-]ccc2c1.[Y].[Y].[Y].[Y]. The zero-order chi connectivity index (χ0) is 97.4. The Morgan fingerprint density at radius 2 is 0.718 bits per heavy atom. The number of aromatic nitrogens is 8. The van der Waals surface area contributed by atoms with Gasteiger partial charge in [0.25, 0.3) is 0 Å². The number of benzene rings is 8. The van der Waals surface area contributed by atoms with Gasteiger partial charge in [0.2, 0.25) is 17.7 Å². The summed E-state index contributed by atoms with van der Waals surface area (Å²) in [5, 5.41) is 36.1. The van der Waals surface area contributed by atoms with E-state index in [1.807, 2.05) is 108 Å². The number of aromatic amines is 2. The molecule has 16 aromatic rings. The van der Waals surface area contributed by atoms with Gasteiger partial charge in [-0.25, -0.2) is 19.2 Å². The van der Waals surface area contributed by atoms with Gasteiger partial charge in [-0.1, -0.05) is 199 Å². The van der Waals surface area contributed by atoms with E-state index in [9.17, 15) is 38.7 Å². The first-order chi connectivity index (χ1) is 66.8. The van der Waals surface area contributed by atoms with Crippen LogP contribution in [-0.4, -0.2) is 187 Å². The second-order valence-corrected chi connectivity index (χ2v) is 37.4.